The summed E-state index contributed by atoms with van der Waals surface area (Å²) in [5.41, 5.74) is -0.568. The molecule has 0 spiro atoms. The van der Waals surface area contributed by atoms with Gasteiger partial charge in [-0.05, 0) is 34.8 Å². The van der Waals surface area contributed by atoms with Gasteiger partial charge in [-0.3, -0.25) is 4.79 Å². The summed E-state index contributed by atoms with van der Waals surface area (Å²) in [6.07, 6.45) is 3.76. The highest BCUT2D eigenvalue weighted by atomic mass is 79.9. The molecule has 0 aromatic carbocycles. The van der Waals surface area contributed by atoms with E-state index in [2.05, 4.69) is 21.2 Å². The molecule has 1 saturated carbocycles. The van der Waals surface area contributed by atoms with Gasteiger partial charge in [-0.1, -0.05) is 19.3 Å². The van der Waals surface area contributed by atoms with Gasteiger partial charge in [-0.25, -0.2) is 4.79 Å². The fourth-order valence-electron chi connectivity index (χ4n) is 2.27. The molecule has 1 amide bonds. The van der Waals surface area contributed by atoms with Crippen molar-refractivity contribution in [1.82, 2.24) is 5.32 Å². The number of nitrogens with one attached hydrogen (secondary N) is 1. The average Bonchev–Trinajstić information content (AvgIpc) is 2.77. The number of halogens is 1. The van der Waals surface area contributed by atoms with Crippen LogP contribution in [0.5, 0.6) is 0 Å². The second-order valence-electron chi connectivity index (χ2n) is 4.54. The minimum Gasteiger partial charge on any atom is -0.480 e. The van der Waals surface area contributed by atoms with Crippen molar-refractivity contribution in [3.05, 3.63) is 20.8 Å². The number of amides is 1. The number of rotatable bonds is 3. The van der Waals surface area contributed by atoms with Crippen LogP contribution in [0.1, 0.15) is 42.5 Å². The van der Waals surface area contributed by atoms with E-state index in [-0.39, 0.29) is 5.91 Å². The molecule has 98 valence electrons. The number of carbonyl (C=O) groups excluding carboxylic acids is 1. The lowest BCUT2D eigenvalue weighted by atomic mass is 9.81. The maximum Gasteiger partial charge on any atom is 0.329 e. The van der Waals surface area contributed by atoms with Gasteiger partial charge in [-0.2, -0.15) is 0 Å². The van der Waals surface area contributed by atoms with Crippen molar-refractivity contribution in [2.75, 3.05) is 0 Å². The van der Waals surface area contributed by atoms with Gasteiger partial charge in [0, 0.05) is 5.38 Å². The van der Waals surface area contributed by atoms with Crippen molar-refractivity contribution in [1.29, 1.82) is 0 Å². The summed E-state index contributed by atoms with van der Waals surface area (Å²) in [5, 5.41) is 13.8. The minimum absolute atomic E-state index is 0.304. The van der Waals surface area contributed by atoms with Crippen LogP contribution in [0, 0.1) is 0 Å². The molecular weight excluding hydrogens is 318 g/mol. The Morgan fingerprint density at radius 3 is 2.50 bits per heavy atom. The minimum atomic E-state index is -1.08. The third-order valence-electron chi connectivity index (χ3n) is 3.30. The number of hydrogen-bond acceptors (Lipinski definition) is 3. The molecule has 0 bridgehead atoms. The van der Waals surface area contributed by atoms with Crippen LogP contribution >= 0.6 is 27.3 Å². The normalized spacial score (nSPS) is 18.3. The Hall–Kier alpha value is -0.880. The lowest BCUT2D eigenvalue weighted by molar-refractivity contribution is -0.145. The Labute approximate surface area is 118 Å². The molecule has 4 nitrogen and oxygen atoms in total. The zero-order valence-corrected chi connectivity index (χ0v) is 12.1. The van der Waals surface area contributed by atoms with Crippen molar-refractivity contribution < 1.29 is 14.7 Å². The third-order valence-corrected chi connectivity index (χ3v) is 4.80. The first-order chi connectivity index (χ1) is 8.53. The number of hydrogen-bond donors (Lipinski definition) is 2. The molecular formula is C12H14BrNO3S. The molecule has 6 heteroatoms. The average molecular weight is 332 g/mol. The number of carboxylic acid groups (broad SMARTS) is 1. The van der Waals surface area contributed by atoms with Gasteiger partial charge in [0.05, 0.1) is 9.35 Å². The van der Waals surface area contributed by atoms with Crippen LogP contribution < -0.4 is 5.32 Å². The van der Waals surface area contributed by atoms with Crippen LogP contribution in [0.25, 0.3) is 0 Å². The van der Waals surface area contributed by atoms with Crippen LogP contribution in [-0.4, -0.2) is 22.5 Å². The first kappa shape index (κ1) is 13.5. The quantitative estimate of drug-likeness (QED) is 0.894. The molecule has 18 heavy (non-hydrogen) atoms. The number of carbonyl (C=O) groups is 2. The summed E-state index contributed by atoms with van der Waals surface area (Å²) in [5.74, 6) is -1.23. The van der Waals surface area contributed by atoms with Gasteiger partial charge in [0.2, 0.25) is 0 Å². The fraction of sp³-hybridized carbons (Fsp3) is 0.500. The van der Waals surface area contributed by atoms with E-state index in [1.165, 1.54) is 11.3 Å². The Balaban J connectivity index is 2.14. The summed E-state index contributed by atoms with van der Waals surface area (Å²) >= 11 is 4.70. The van der Waals surface area contributed by atoms with E-state index in [1.807, 2.05) is 0 Å². The maximum absolute atomic E-state index is 12.0. The van der Waals surface area contributed by atoms with Gasteiger partial charge in [0.1, 0.15) is 5.54 Å². The molecule has 1 aromatic rings. The molecule has 0 atom stereocenters. The molecule has 0 aliphatic heterocycles. The highest BCUT2D eigenvalue weighted by Gasteiger charge is 2.41. The lowest BCUT2D eigenvalue weighted by Gasteiger charge is -2.33. The Bertz CT molecular complexity index is 466. The zero-order chi connectivity index (χ0) is 13.2. The summed E-state index contributed by atoms with van der Waals surface area (Å²) in [7, 11) is 0. The molecule has 1 aliphatic carbocycles. The maximum atomic E-state index is 12.0. The van der Waals surface area contributed by atoms with Gasteiger partial charge < -0.3 is 10.4 Å². The first-order valence-electron chi connectivity index (χ1n) is 5.83. The molecule has 2 rings (SSSR count). The van der Waals surface area contributed by atoms with E-state index in [4.69, 9.17) is 0 Å². The van der Waals surface area contributed by atoms with E-state index >= 15 is 0 Å². The third kappa shape index (κ3) is 2.75. The molecule has 1 fully saturated rings. The standard InChI is InChI=1S/C12H14BrNO3S/c13-9-6-8(7-18-9)10(15)14-12(11(16)17)4-2-1-3-5-12/h6-7H,1-5H2,(H,14,15)(H,16,17). The number of thiophene rings is 1. The van der Waals surface area contributed by atoms with Crippen LogP contribution in [0.4, 0.5) is 0 Å². The summed E-state index contributed by atoms with van der Waals surface area (Å²) < 4.78 is 0.862. The second-order valence-corrected chi connectivity index (χ2v) is 6.83. The van der Waals surface area contributed by atoms with Crippen LogP contribution in [0.15, 0.2) is 15.2 Å². The number of aliphatic carboxylic acids is 1. The molecule has 0 radical (unpaired) electrons. The summed E-state index contributed by atoms with van der Waals surface area (Å²) in [6, 6.07) is 1.71. The molecule has 1 aliphatic rings. The fourth-order valence-corrected chi connectivity index (χ4v) is 3.40. The van der Waals surface area contributed by atoms with Crippen LogP contribution in [-0.2, 0) is 4.79 Å². The Kier molecular flexibility index (Phi) is 4.07. The van der Waals surface area contributed by atoms with Crippen molar-refractivity contribution in [2.24, 2.45) is 0 Å². The van der Waals surface area contributed by atoms with Crippen LogP contribution in [0.2, 0.25) is 0 Å². The van der Waals surface area contributed by atoms with Gasteiger partial charge in [-0.15, -0.1) is 11.3 Å². The Morgan fingerprint density at radius 2 is 2.00 bits per heavy atom. The molecule has 1 aromatic heterocycles. The molecule has 2 N–H and O–H groups in total. The van der Waals surface area contributed by atoms with E-state index in [0.717, 1.165) is 23.0 Å². The number of carboxylic acids is 1. The van der Waals surface area contributed by atoms with E-state index in [9.17, 15) is 14.7 Å². The molecule has 0 saturated heterocycles. The predicted octanol–water partition coefficient (Wildman–Crippen LogP) is 3.03. The summed E-state index contributed by atoms with van der Waals surface area (Å²) in [6.45, 7) is 0. The van der Waals surface area contributed by atoms with Crippen molar-refractivity contribution in [2.45, 2.75) is 37.6 Å². The predicted molar refractivity (Wildman–Crippen MR) is 72.9 cm³/mol. The van der Waals surface area contributed by atoms with Gasteiger partial charge >= 0.3 is 5.97 Å². The SMILES string of the molecule is O=C(NC1(C(=O)O)CCCCC1)c1csc(Br)c1. The van der Waals surface area contributed by atoms with E-state index in [1.54, 1.807) is 11.4 Å². The largest absolute Gasteiger partial charge is 0.480 e. The highest BCUT2D eigenvalue weighted by molar-refractivity contribution is 9.11. The van der Waals surface area contributed by atoms with Crippen molar-refractivity contribution in [3.63, 3.8) is 0 Å². The van der Waals surface area contributed by atoms with E-state index in [0.29, 0.717) is 18.4 Å². The summed E-state index contributed by atoms with van der Waals surface area (Å²) in [4.78, 5) is 23.5. The van der Waals surface area contributed by atoms with Crippen molar-refractivity contribution >= 4 is 39.1 Å². The van der Waals surface area contributed by atoms with E-state index < -0.39 is 11.5 Å². The Morgan fingerprint density at radius 1 is 1.33 bits per heavy atom. The topological polar surface area (TPSA) is 66.4 Å². The van der Waals surface area contributed by atoms with Gasteiger partial charge in [0.15, 0.2) is 0 Å². The lowest BCUT2D eigenvalue weighted by Crippen LogP contribution is -2.55. The monoisotopic (exact) mass is 331 g/mol. The highest BCUT2D eigenvalue weighted by Crippen LogP contribution is 2.29. The molecule has 1 heterocycles. The molecule has 0 unspecified atom stereocenters. The van der Waals surface area contributed by atoms with Gasteiger partial charge in [0.25, 0.3) is 5.91 Å². The zero-order valence-electron chi connectivity index (χ0n) is 9.74. The van der Waals surface area contributed by atoms with Crippen molar-refractivity contribution in [3.8, 4) is 0 Å². The second kappa shape index (κ2) is 5.40. The smallest absolute Gasteiger partial charge is 0.329 e. The first-order valence-corrected chi connectivity index (χ1v) is 7.51. The van der Waals surface area contributed by atoms with Crippen LogP contribution in [0.3, 0.4) is 0 Å².